The van der Waals surface area contributed by atoms with Crippen molar-refractivity contribution in [2.24, 2.45) is 0 Å². The lowest BCUT2D eigenvalue weighted by Gasteiger charge is -2.20. The van der Waals surface area contributed by atoms with Crippen molar-refractivity contribution < 1.29 is 19.4 Å². The molecule has 0 bridgehead atoms. The molecule has 0 radical (unpaired) electrons. The highest BCUT2D eigenvalue weighted by molar-refractivity contribution is 5.77. The van der Waals surface area contributed by atoms with Crippen molar-refractivity contribution in [3.05, 3.63) is 35.9 Å². The zero-order valence-corrected chi connectivity index (χ0v) is 16.7. The van der Waals surface area contributed by atoms with Crippen LogP contribution in [-0.2, 0) is 20.7 Å². The molecule has 0 saturated heterocycles. The number of benzene rings is 1. The number of nitrogens with one attached hydrogen (secondary N) is 1. The van der Waals surface area contributed by atoms with Gasteiger partial charge in [-0.3, -0.25) is 9.59 Å². The smallest absolute Gasteiger partial charge is 0.305 e. The van der Waals surface area contributed by atoms with Crippen LogP contribution in [0, 0.1) is 0 Å². The molecule has 0 aromatic heterocycles. The minimum absolute atomic E-state index is 0.0548. The fourth-order valence-corrected chi connectivity index (χ4v) is 2.90. The van der Waals surface area contributed by atoms with Crippen LogP contribution in [0.15, 0.2) is 30.3 Å². The highest BCUT2D eigenvalue weighted by Gasteiger charge is 2.16. The number of ether oxygens (including phenoxy) is 1. The Balaban J connectivity index is 2.01. The second kappa shape index (κ2) is 14.2. The van der Waals surface area contributed by atoms with Gasteiger partial charge >= 0.3 is 5.97 Å². The summed E-state index contributed by atoms with van der Waals surface area (Å²) in [4.78, 5) is 24.7. The first-order chi connectivity index (χ1) is 13.0. The predicted molar refractivity (Wildman–Crippen MR) is 107 cm³/mol. The summed E-state index contributed by atoms with van der Waals surface area (Å²) in [6.07, 6.45) is 5.09. The van der Waals surface area contributed by atoms with Crippen molar-refractivity contribution in [1.29, 1.82) is 0 Å². The third-order valence-corrected chi connectivity index (χ3v) is 4.16. The topological polar surface area (TPSA) is 78.9 Å². The number of rotatable bonds is 15. The molecule has 0 spiro atoms. The number of hydrogen-bond donors (Lipinski definition) is 2. The molecule has 1 rings (SSSR count). The molecule has 1 amide bonds. The van der Waals surface area contributed by atoms with E-state index in [1.807, 2.05) is 25.1 Å². The summed E-state index contributed by atoms with van der Waals surface area (Å²) < 4.78 is 5.64. The van der Waals surface area contributed by atoms with Gasteiger partial charge in [0.2, 0.25) is 5.91 Å². The molecule has 0 unspecified atom stereocenters. The van der Waals surface area contributed by atoms with Crippen molar-refractivity contribution in [2.75, 3.05) is 33.9 Å². The molecule has 6 nitrogen and oxygen atoms in total. The molecule has 0 heterocycles. The Morgan fingerprint density at radius 3 is 2.44 bits per heavy atom. The van der Waals surface area contributed by atoms with Gasteiger partial charge in [0.05, 0.1) is 12.5 Å². The number of hydrogen-bond acceptors (Lipinski definition) is 4. The SMILES string of the molecule is CN(C)C[C@@H](CC(=O)O)NC(=O)CCCCCOCCCc1ccccc1. The summed E-state index contributed by atoms with van der Waals surface area (Å²) in [5.41, 5.74) is 1.34. The van der Waals surface area contributed by atoms with Gasteiger partial charge in [-0.25, -0.2) is 0 Å². The Bertz CT molecular complexity index is 534. The van der Waals surface area contributed by atoms with Gasteiger partial charge in [-0.15, -0.1) is 0 Å². The molecule has 2 N–H and O–H groups in total. The van der Waals surface area contributed by atoms with Crippen LogP contribution in [0.25, 0.3) is 0 Å². The van der Waals surface area contributed by atoms with E-state index in [1.54, 1.807) is 0 Å². The molecule has 1 aromatic carbocycles. The fourth-order valence-electron chi connectivity index (χ4n) is 2.90. The number of amides is 1. The summed E-state index contributed by atoms with van der Waals surface area (Å²) in [5.74, 6) is -0.974. The van der Waals surface area contributed by atoms with E-state index in [9.17, 15) is 9.59 Å². The molecule has 0 aliphatic rings. The molecular weight excluding hydrogens is 344 g/mol. The Hall–Kier alpha value is -1.92. The zero-order valence-electron chi connectivity index (χ0n) is 16.7. The van der Waals surface area contributed by atoms with Gasteiger partial charge < -0.3 is 20.1 Å². The molecule has 1 atom stereocenters. The summed E-state index contributed by atoms with van der Waals surface area (Å²) in [5, 5.41) is 11.7. The third-order valence-electron chi connectivity index (χ3n) is 4.16. The summed E-state index contributed by atoms with van der Waals surface area (Å²) in [6.45, 7) is 2.00. The molecule has 0 aliphatic carbocycles. The lowest BCUT2D eigenvalue weighted by molar-refractivity contribution is -0.137. The lowest BCUT2D eigenvalue weighted by atomic mass is 10.1. The van der Waals surface area contributed by atoms with E-state index in [1.165, 1.54) is 5.56 Å². The molecule has 27 heavy (non-hydrogen) atoms. The Kier molecular flexibility index (Phi) is 12.1. The Labute approximate surface area is 162 Å². The van der Waals surface area contributed by atoms with Crippen LogP contribution in [0.1, 0.15) is 44.1 Å². The minimum Gasteiger partial charge on any atom is -0.481 e. The van der Waals surface area contributed by atoms with Gasteiger partial charge in [-0.1, -0.05) is 36.8 Å². The number of carbonyl (C=O) groups excluding carboxylic acids is 1. The maximum absolute atomic E-state index is 12.0. The number of unbranched alkanes of at least 4 members (excludes halogenated alkanes) is 2. The predicted octanol–water partition coefficient (Wildman–Crippen LogP) is 2.72. The third kappa shape index (κ3) is 13.0. The van der Waals surface area contributed by atoms with Gasteiger partial charge in [0.15, 0.2) is 0 Å². The highest BCUT2D eigenvalue weighted by Crippen LogP contribution is 2.04. The Morgan fingerprint density at radius 2 is 1.78 bits per heavy atom. The van der Waals surface area contributed by atoms with Crippen LogP contribution in [0.4, 0.5) is 0 Å². The van der Waals surface area contributed by atoms with Crippen LogP contribution < -0.4 is 5.32 Å². The molecule has 0 aliphatic heterocycles. The highest BCUT2D eigenvalue weighted by atomic mass is 16.5. The number of likely N-dealkylation sites (N-methyl/N-ethyl adjacent to an activating group) is 1. The van der Waals surface area contributed by atoms with E-state index >= 15 is 0 Å². The minimum atomic E-state index is -0.897. The van der Waals surface area contributed by atoms with Gasteiger partial charge in [-0.2, -0.15) is 0 Å². The monoisotopic (exact) mass is 378 g/mol. The van der Waals surface area contributed by atoms with E-state index in [-0.39, 0.29) is 18.4 Å². The van der Waals surface area contributed by atoms with Crippen molar-refractivity contribution in [3.8, 4) is 0 Å². The number of carboxylic acid groups (broad SMARTS) is 1. The van der Waals surface area contributed by atoms with Crippen LogP contribution >= 0.6 is 0 Å². The molecule has 152 valence electrons. The average Bonchev–Trinajstić information content (AvgIpc) is 2.60. The second-order valence-electron chi connectivity index (χ2n) is 7.14. The van der Waals surface area contributed by atoms with Crippen molar-refractivity contribution in [2.45, 2.75) is 51.0 Å². The summed E-state index contributed by atoms with van der Waals surface area (Å²) in [6, 6.07) is 10.0. The van der Waals surface area contributed by atoms with Crippen LogP contribution in [0.5, 0.6) is 0 Å². The molecule has 0 saturated carbocycles. The standard InChI is InChI=1S/C21H34N2O4/c1-23(2)17-19(16-21(25)26)22-20(24)13-7-4-8-14-27-15-9-12-18-10-5-3-6-11-18/h3,5-6,10-11,19H,4,7-9,12-17H2,1-2H3,(H,22,24)(H,25,26)/t19-/m1/s1. The van der Waals surface area contributed by atoms with Gasteiger partial charge in [-0.05, 0) is 45.3 Å². The maximum atomic E-state index is 12.0. The first kappa shape index (κ1) is 23.1. The lowest BCUT2D eigenvalue weighted by Crippen LogP contribution is -2.42. The Morgan fingerprint density at radius 1 is 1.07 bits per heavy atom. The largest absolute Gasteiger partial charge is 0.481 e. The van der Waals surface area contributed by atoms with Crippen LogP contribution in [-0.4, -0.2) is 61.8 Å². The number of aliphatic carboxylic acids is 1. The van der Waals surface area contributed by atoms with E-state index in [0.29, 0.717) is 13.0 Å². The summed E-state index contributed by atoms with van der Waals surface area (Å²) >= 11 is 0. The molecule has 0 fully saturated rings. The van der Waals surface area contributed by atoms with Crippen molar-refractivity contribution >= 4 is 11.9 Å². The summed E-state index contributed by atoms with van der Waals surface area (Å²) in [7, 11) is 3.72. The van der Waals surface area contributed by atoms with Gasteiger partial charge in [0, 0.05) is 26.2 Å². The molecule has 6 heteroatoms. The van der Waals surface area contributed by atoms with E-state index < -0.39 is 5.97 Å². The molecule has 1 aromatic rings. The van der Waals surface area contributed by atoms with E-state index in [4.69, 9.17) is 9.84 Å². The average molecular weight is 379 g/mol. The van der Waals surface area contributed by atoms with Crippen molar-refractivity contribution in [1.82, 2.24) is 10.2 Å². The zero-order chi connectivity index (χ0) is 19.9. The second-order valence-corrected chi connectivity index (χ2v) is 7.14. The maximum Gasteiger partial charge on any atom is 0.305 e. The van der Waals surface area contributed by atoms with Gasteiger partial charge in [0.25, 0.3) is 0 Å². The number of aryl methyl sites for hydroxylation is 1. The van der Waals surface area contributed by atoms with E-state index in [2.05, 4.69) is 29.6 Å². The van der Waals surface area contributed by atoms with Crippen LogP contribution in [0.3, 0.4) is 0 Å². The number of carboxylic acids is 1. The van der Waals surface area contributed by atoms with Crippen molar-refractivity contribution in [3.63, 3.8) is 0 Å². The fraction of sp³-hybridized carbons (Fsp3) is 0.619. The number of carbonyl (C=O) groups is 2. The first-order valence-electron chi connectivity index (χ1n) is 9.75. The van der Waals surface area contributed by atoms with Crippen LogP contribution in [0.2, 0.25) is 0 Å². The van der Waals surface area contributed by atoms with E-state index in [0.717, 1.165) is 45.3 Å². The first-order valence-corrected chi connectivity index (χ1v) is 9.75. The molecular formula is C21H34N2O4. The van der Waals surface area contributed by atoms with Gasteiger partial charge in [0.1, 0.15) is 0 Å². The quantitative estimate of drug-likeness (QED) is 0.459. The normalized spacial score (nSPS) is 12.1. The number of nitrogens with zero attached hydrogens (tertiary/aromatic N) is 1.